The molecular weight excluding hydrogens is 304 g/mol. The van der Waals surface area contributed by atoms with Gasteiger partial charge in [0.05, 0.1) is 12.3 Å². The fourth-order valence-corrected chi connectivity index (χ4v) is 2.04. The van der Waals surface area contributed by atoms with E-state index in [9.17, 15) is 4.39 Å². The average Bonchev–Trinajstić information content (AvgIpc) is 2.37. The van der Waals surface area contributed by atoms with Gasteiger partial charge in [-0.15, -0.1) is 0 Å². The third kappa shape index (κ3) is 4.03. The van der Waals surface area contributed by atoms with Crippen LogP contribution in [0.3, 0.4) is 0 Å². The maximum Gasteiger partial charge on any atom is 0.224 e. The number of hydrogen-bond donors (Lipinski definition) is 1. The number of rotatable bonds is 5. The summed E-state index contributed by atoms with van der Waals surface area (Å²) in [5.74, 6) is -0.00919. The van der Waals surface area contributed by atoms with Gasteiger partial charge in [-0.3, -0.25) is 0 Å². The molecule has 4 nitrogen and oxygen atoms in total. The van der Waals surface area contributed by atoms with Gasteiger partial charge in [0.2, 0.25) is 5.95 Å². The lowest BCUT2D eigenvalue weighted by molar-refractivity contribution is 0.181. The molecule has 0 unspecified atom stereocenters. The van der Waals surface area contributed by atoms with E-state index in [2.05, 4.69) is 15.3 Å². The van der Waals surface area contributed by atoms with E-state index in [1.54, 1.807) is 19.2 Å². The van der Waals surface area contributed by atoms with Crippen molar-refractivity contribution in [3.8, 4) is 0 Å². The van der Waals surface area contributed by atoms with Crippen LogP contribution in [0.4, 0.5) is 10.3 Å². The van der Waals surface area contributed by atoms with E-state index in [0.29, 0.717) is 35.0 Å². The van der Waals surface area contributed by atoms with E-state index in [-0.39, 0.29) is 5.82 Å². The molecule has 20 heavy (non-hydrogen) atoms. The molecule has 0 amide bonds. The molecule has 1 aromatic heterocycles. The van der Waals surface area contributed by atoms with Crippen molar-refractivity contribution in [1.29, 1.82) is 0 Å². The SMILES string of the molecule is COCc1cc(Cl)nc(NCc2ccc(F)cc2Cl)n1. The monoisotopic (exact) mass is 315 g/mol. The zero-order valence-electron chi connectivity index (χ0n) is 10.7. The van der Waals surface area contributed by atoms with Gasteiger partial charge >= 0.3 is 0 Å². The van der Waals surface area contributed by atoms with Crippen LogP contribution >= 0.6 is 23.2 Å². The van der Waals surface area contributed by atoms with Crippen molar-refractivity contribution in [3.63, 3.8) is 0 Å². The summed E-state index contributed by atoms with van der Waals surface area (Å²) >= 11 is 11.8. The lowest BCUT2D eigenvalue weighted by Crippen LogP contribution is -2.06. The van der Waals surface area contributed by atoms with Crippen LogP contribution in [0.25, 0.3) is 0 Å². The first kappa shape index (κ1) is 15.0. The van der Waals surface area contributed by atoms with E-state index in [0.717, 1.165) is 5.56 Å². The van der Waals surface area contributed by atoms with Crippen molar-refractivity contribution in [2.45, 2.75) is 13.2 Å². The van der Waals surface area contributed by atoms with Crippen LogP contribution in [0.1, 0.15) is 11.3 Å². The Balaban J connectivity index is 2.10. The van der Waals surface area contributed by atoms with Crippen molar-refractivity contribution < 1.29 is 9.13 Å². The first-order valence-corrected chi connectivity index (χ1v) is 6.54. The number of aromatic nitrogens is 2. The summed E-state index contributed by atoms with van der Waals surface area (Å²) in [5.41, 5.74) is 1.41. The molecule has 0 spiro atoms. The van der Waals surface area contributed by atoms with Gasteiger partial charge in [0.15, 0.2) is 0 Å². The second-order valence-electron chi connectivity index (χ2n) is 4.03. The lowest BCUT2D eigenvalue weighted by atomic mass is 10.2. The van der Waals surface area contributed by atoms with E-state index in [4.69, 9.17) is 27.9 Å². The van der Waals surface area contributed by atoms with Gasteiger partial charge in [0, 0.05) is 18.7 Å². The first-order valence-electron chi connectivity index (χ1n) is 5.78. The molecule has 1 N–H and O–H groups in total. The molecule has 0 bridgehead atoms. The van der Waals surface area contributed by atoms with Gasteiger partial charge in [-0.05, 0) is 23.8 Å². The van der Waals surface area contributed by atoms with Crippen molar-refractivity contribution in [1.82, 2.24) is 9.97 Å². The Kier molecular flexibility index (Phi) is 5.11. The molecule has 2 aromatic rings. The smallest absolute Gasteiger partial charge is 0.224 e. The number of benzene rings is 1. The Bertz CT molecular complexity index is 610. The van der Waals surface area contributed by atoms with Crippen LogP contribution in [0, 0.1) is 5.82 Å². The largest absolute Gasteiger partial charge is 0.378 e. The highest BCUT2D eigenvalue weighted by Crippen LogP contribution is 2.18. The van der Waals surface area contributed by atoms with Gasteiger partial charge in [0.25, 0.3) is 0 Å². The van der Waals surface area contributed by atoms with Gasteiger partial charge in [-0.1, -0.05) is 29.3 Å². The first-order chi connectivity index (χ1) is 9.58. The summed E-state index contributed by atoms with van der Waals surface area (Å²) in [6.45, 7) is 0.708. The van der Waals surface area contributed by atoms with Crippen molar-refractivity contribution >= 4 is 29.2 Å². The third-order valence-electron chi connectivity index (χ3n) is 2.49. The third-order valence-corrected chi connectivity index (χ3v) is 3.04. The standard InChI is InChI=1S/C13H12Cl2FN3O/c1-20-7-10-5-12(15)19-13(18-10)17-6-8-2-3-9(16)4-11(8)14/h2-5H,6-7H2,1H3,(H,17,18,19). The van der Waals surface area contributed by atoms with E-state index >= 15 is 0 Å². The van der Waals surface area contributed by atoms with Gasteiger partial charge in [-0.2, -0.15) is 0 Å². The number of methoxy groups -OCH3 is 1. The fourth-order valence-electron chi connectivity index (χ4n) is 1.60. The predicted octanol–water partition coefficient (Wildman–Crippen LogP) is 3.68. The van der Waals surface area contributed by atoms with E-state index < -0.39 is 0 Å². The summed E-state index contributed by atoms with van der Waals surface area (Å²) in [7, 11) is 1.57. The molecular formula is C13H12Cl2FN3O. The van der Waals surface area contributed by atoms with Gasteiger partial charge in [-0.25, -0.2) is 14.4 Å². The molecule has 7 heteroatoms. The molecule has 0 radical (unpaired) electrons. The van der Waals surface area contributed by atoms with Crippen LogP contribution < -0.4 is 5.32 Å². The molecule has 1 aromatic carbocycles. The van der Waals surface area contributed by atoms with Gasteiger partial charge in [0.1, 0.15) is 11.0 Å². The van der Waals surface area contributed by atoms with Crippen LogP contribution in [-0.2, 0) is 17.9 Å². The van der Waals surface area contributed by atoms with Crippen molar-refractivity contribution in [2.24, 2.45) is 0 Å². The van der Waals surface area contributed by atoms with Crippen molar-refractivity contribution in [3.05, 3.63) is 51.5 Å². The molecule has 0 aliphatic carbocycles. The molecule has 0 atom stereocenters. The van der Waals surface area contributed by atoms with E-state index in [1.807, 2.05) is 0 Å². The second kappa shape index (κ2) is 6.83. The van der Waals surface area contributed by atoms with Crippen LogP contribution in [-0.4, -0.2) is 17.1 Å². The highest BCUT2D eigenvalue weighted by atomic mass is 35.5. The number of nitrogens with zero attached hydrogens (tertiary/aromatic N) is 2. The maximum absolute atomic E-state index is 12.9. The molecule has 0 fully saturated rings. The zero-order valence-corrected chi connectivity index (χ0v) is 12.2. The summed E-state index contributed by atoms with van der Waals surface area (Å²) in [6.07, 6.45) is 0. The van der Waals surface area contributed by atoms with Crippen LogP contribution in [0.5, 0.6) is 0 Å². The lowest BCUT2D eigenvalue weighted by Gasteiger charge is -2.08. The summed E-state index contributed by atoms with van der Waals surface area (Å²) in [5, 5.41) is 3.66. The fraction of sp³-hybridized carbons (Fsp3) is 0.231. The Morgan fingerprint density at radius 1 is 1.25 bits per heavy atom. The molecule has 0 saturated heterocycles. The van der Waals surface area contributed by atoms with Crippen molar-refractivity contribution in [2.75, 3.05) is 12.4 Å². The second-order valence-corrected chi connectivity index (χ2v) is 4.82. The normalized spacial score (nSPS) is 10.6. The number of nitrogens with one attached hydrogen (secondary N) is 1. The summed E-state index contributed by atoms with van der Waals surface area (Å²) in [6, 6.07) is 5.83. The Morgan fingerprint density at radius 3 is 2.75 bits per heavy atom. The maximum atomic E-state index is 12.9. The number of hydrogen-bond acceptors (Lipinski definition) is 4. The highest BCUT2D eigenvalue weighted by Gasteiger charge is 2.06. The number of anilines is 1. The molecule has 1 heterocycles. The Hall–Kier alpha value is -1.43. The zero-order chi connectivity index (χ0) is 14.5. The summed E-state index contributed by atoms with van der Waals surface area (Å²) in [4.78, 5) is 8.29. The van der Waals surface area contributed by atoms with E-state index in [1.165, 1.54) is 12.1 Å². The molecule has 0 aliphatic heterocycles. The van der Waals surface area contributed by atoms with Gasteiger partial charge < -0.3 is 10.1 Å². The minimum absolute atomic E-state index is 0.319. The predicted molar refractivity (Wildman–Crippen MR) is 76.5 cm³/mol. The van der Waals surface area contributed by atoms with Crippen LogP contribution in [0.15, 0.2) is 24.3 Å². The molecule has 2 rings (SSSR count). The minimum Gasteiger partial charge on any atom is -0.378 e. The molecule has 0 saturated carbocycles. The number of halogens is 3. The molecule has 0 aliphatic rings. The Morgan fingerprint density at radius 2 is 2.05 bits per heavy atom. The van der Waals surface area contributed by atoms with Crippen LogP contribution in [0.2, 0.25) is 10.2 Å². The summed E-state index contributed by atoms with van der Waals surface area (Å²) < 4.78 is 17.9. The molecule has 106 valence electrons. The quantitative estimate of drug-likeness (QED) is 0.855. The Labute approximate surface area is 125 Å². The average molecular weight is 316 g/mol. The minimum atomic E-state index is -0.375. The highest BCUT2D eigenvalue weighted by molar-refractivity contribution is 6.31. The topological polar surface area (TPSA) is 47.0 Å². The number of ether oxygens (including phenoxy) is 1.